The Labute approximate surface area is 163 Å². The molecule has 0 aliphatic carbocycles. The highest BCUT2D eigenvalue weighted by molar-refractivity contribution is 5.96. The number of carbonyl (C=O) groups excluding carboxylic acids is 1. The molecule has 2 aliphatic rings. The van der Waals surface area contributed by atoms with E-state index in [-0.39, 0.29) is 11.9 Å². The summed E-state index contributed by atoms with van der Waals surface area (Å²) in [6.45, 7) is 3.97. The number of carbonyl (C=O) groups is 1. The molecule has 0 bridgehead atoms. The van der Waals surface area contributed by atoms with E-state index in [4.69, 9.17) is 20.2 Å². The van der Waals surface area contributed by atoms with Crippen molar-refractivity contribution in [1.82, 2.24) is 15.0 Å². The highest BCUT2D eigenvalue weighted by atomic mass is 16.5. The molecular weight excluding hydrogens is 360 g/mol. The van der Waals surface area contributed by atoms with Gasteiger partial charge in [0.05, 0.1) is 18.9 Å². The van der Waals surface area contributed by atoms with E-state index in [2.05, 4.69) is 14.9 Å². The third-order valence-corrected chi connectivity index (χ3v) is 4.94. The van der Waals surface area contributed by atoms with E-state index < -0.39 is 6.03 Å². The maximum atomic E-state index is 12.3. The summed E-state index contributed by atoms with van der Waals surface area (Å²) in [4.78, 5) is 29.6. The average molecular weight is 384 g/mol. The van der Waals surface area contributed by atoms with Crippen molar-refractivity contribution >= 4 is 23.6 Å². The summed E-state index contributed by atoms with van der Waals surface area (Å²) < 4.78 is 10.9. The normalized spacial score (nSPS) is 18.1. The molecule has 0 radical (unpaired) electrons. The lowest BCUT2D eigenvalue weighted by Gasteiger charge is -2.29. The van der Waals surface area contributed by atoms with Gasteiger partial charge in [-0.2, -0.15) is 15.0 Å². The van der Waals surface area contributed by atoms with Crippen molar-refractivity contribution < 1.29 is 14.3 Å². The van der Waals surface area contributed by atoms with Crippen molar-refractivity contribution in [2.24, 2.45) is 5.73 Å². The van der Waals surface area contributed by atoms with Crippen LogP contribution in [0.15, 0.2) is 30.3 Å². The van der Waals surface area contributed by atoms with Crippen LogP contribution in [0.5, 0.6) is 0 Å². The van der Waals surface area contributed by atoms with Crippen LogP contribution in [0, 0.1) is 0 Å². The molecule has 1 aromatic heterocycles. The van der Waals surface area contributed by atoms with Crippen LogP contribution in [0.4, 0.5) is 22.4 Å². The first kappa shape index (κ1) is 18.6. The van der Waals surface area contributed by atoms with Gasteiger partial charge in [0.15, 0.2) is 0 Å². The average Bonchev–Trinajstić information content (AvgIpc) is 2.75. The SMILES string of the molecule is NC(=O)N(c1ccccc1)c1nc(C2CCOCC2)nc(N2CCOCC2)n1. The molecule has 9 heteroatoms. The van der Waals surface area contributed by atoms with Gasteiger partial charge in [-0.1, -0.05) is 18.2 Å². The molecule has 2 aliphatic heterocycles. The van der Waals surface area contributed by atoms with Crippen molar-refractivity contribution in [3.63, 3.8) is 0 Å². The van der Waals surface area contributed by atoms with Crippen LogP contribution in [0.1, 0.15) is 24.6 Å². The van der Waals surface area contributed by atoms with E-state index in [1.165, 1.54) is 4.90 Å². The number of urea groups is 1. The minimum atomic E-state index is -0.636. The number of amides is 2. The molecule has 2 amide bonds. The Bertz CT molecular complexity index is 770. The number of morpholine rings is 1. The number of anilines is 3. The predicted octanol–water partition coefficient (Wildman–Crippen LogP) is 1.82. The van der Waals surface area contributed by atoms with Gasteiger partial charge in [0.1, 0.15) is 5.82 Å². The quantitative estimate of drug-likeness (QED) is 0.857. The summed E-state index contributed by atoms with van der Waals surface area (Å²) in [6.07, 6.45) is 1.68. The zero-order valence-corrected chi connectivity index (χ0v) is 15.7. The van der Waals surface area contributed by atoms with Crippen LogP contribution in [0.2, 0.25) is 0 Å². The Hall–Kier alpha value is -2.78. The third-order valence-electron chi connectivity index (χ3n) is 4.94. The number of para-hydroxylation sites is 1. The lowest BCUT2D eigenvalue weighted by Crippen LogP contribution is -2.39. The molecule has 4 rings (SSSR count). The van der Waals surface area contributed by atoms with Crippen LogP contribution in [-0.2, 0) is 9.47 Å². The molecule has 2 aromatic rings. The number of hydrogen-bond donors (Lipinski definition) is 1. The standard InChI is InChI=1S/C19H24N6O3/c20-17(26)25(15-4-2-1-3-5-15)19-22-16(14-6-10-27-11-7-14)21-18(23-19)24-8-12-28-13-9-24/h1-5,14H,6-13H2,(H2,20,26). The molecule has 2 saturated heterocycles. The number of nitrogens with two attached hydrogens (primary N) is 1. The second-order valence-electron chi connectivity index (χ2n) is 6.79. The van der Waals surface area contributed by atoms with Gasteiger partial charge in [-0.25, -0.2) is 9.69 Å². The molecular formula is C19H24N6O3. The van der Waals surface area contributed by atoms with Crippen LogP contribution >= 0.6 is 0 Å². The molecule has 0 unspecified atom stereocenters. The smallest absolute Gasteiger partial charge is 0.326 e. The van der Waals surface area contributed by atoms with Crippen LogP contribution in [0.3, 0.4) is 0 Å². The fourth-order valence-electron chi connectivity index (χ4n) is 3.43. The number of aromatic nitrogens is 3. The Kier molecular flexibility index (Phi) is 5.63. The zero-order chi connectivity index (χ0) is 19.3. The van der Waals surface area contributed by atoms with E-state index >= 15 is 0 Å². The minimum Gasteiger partial charge on any atom is -0.381 e. The number of benzene rings is 1. The van der Waals surface area contributed by atoms with Gasteiger partial charge >= 0.3 is 6.03 Å². The van der Waals surface area contributed by atoms with Crippen molar-refractivity contribution in [3.8, 4) is 0 Å². The number of primary amides is 1. The molecule has 3 heterocycles. The van der Waals surface area contributed by atoms with Crippen LogP contribution < -0.4 is 15.5 Å². The maximum absolute atomic E-state index is 12.3. The maximum Gasteiger partial charge on any atom is 0.326 e. The summed E-state index contributed by atoms with van der Waals surface area (Å²) in [5.74, 6) is 1.64. The van der Waals surface area contributed by atoms with E-state index in [9.17, 15) is 4.79 Å². The molecule has 2 fully saturated rings. The number of ether oxygens (including phenoxy) is 2. The molecule has 9 nitrogen and oxygen atoms in total. The van der Waals surface area contributed by atoms with E-state index in [0.29, 0.717) is 57.0 Å². The fourth-order valence-corrected chi connectivity index (χ4v) is 3.43. The Morgan fingerprint density at radius 3 is 2.36 bits per heavy atom. The summed E-state index contributed by atoms with van der Waals surface area (Å²) in [5.41, 5.74) is 6.31. The van der Waals surface area contributed by atoms with Gasteiger partial charge in [0.25, 0.3) is 0 Å². The van der Waals surface area contributed by atoms with Gasteiger partial charge in [-0.3, -0.25) is 0 Å². The zero-order valence-electron chi connectivity index (χ0n) is 15.7. The lowest BCUT2D eigenvalue weighted by molar-refractivity contribution is 0.0835. The monoisotopic (exact) mass is 384 g/mol. The number of hydrogen-bond acceptors (Lipinski definition) is 7. The lowest BCUT2D eigenvalue weighted by atomic mass is 10.00. The van der Waals surface area contributed by atoms with Crippen LogP contribution in [0.25, 0.3) is 0 Å². The van der Waals surface area contributed by atoms with Gasteiger partial charge < -0.3 is 20.1 Å². The number of nitrogens with zero attached hydrogens (tertiary/aromatic N) is 5. The molecule has 0 saturated carbocycles. The largest absolute Gasteiger partial charge is 0.381 e. The first-order chi connectivity index (χ1) is 13.7. The van der Waals surface area contributed by atoms with E-state index in [1.807, 2.05) is 18.2 Å². The second-order valence-corrected chi connectivity index (χ2v) is 6.79. The Morgan fingerprint density at radius 1 is 1.00 bits per heavy atom. The molecule has 0 spiro atoms. The Morgan fingerprint density at radius 2 is 1.68 bits per heavy atom. The predicted molar refractivity (Wildman–Crippen MR) is 104 cm³/mol. The van der Waals surface area contributed by atoms with Crippen molar-refractivity contribution in [2.45, 2.75) is 18.8 Å². The summed E-state index contributed by atoms with van der Waals surface area (Å²) in [6, 6.07) is 8.53. The molecule has 2 N–H and O–H groups in total. The Balaban J connectivity index is 1.76. The van der Waals surface area contributed by atoms with Crippen LogP contribution in [-0.4, -0.2) is 60.5 Å². The first-order valence-electron chi connectivity index (χ1n) is 9.53. The first-order valence-corrected chi connectivity index (χ1v) is 9.53. The van der Waals surface area contributed by atoms with Crippen molar-refractivity contribution in [2.75, 3.05) is 49.3 Å². The number of rotatable bonds is 4. The molecule has 28 heavy (non-hydrogen) atoms. The van der Waals surface area contributed by atoms with Gasteiger partial charge in [-0.15, -0.1) is 0 Å². The third kappa shape index (κ3) is 4.05. The second kappa shape index (κ2) is 8.49. The minimum absolute atomic E-state index is 0.167. The van der Waals surface area contributed by atoms with Gasteiger partial charge in [-0.05, 0) is 25.0 Å². The van der Waals surface area contributed by atoms with Gasteiger partial charge in [0.2, 0.25) is 11.9 Å². The molecule has 148 valence electrons. The molecule has 0 atom stereocenters. The summed E-state index contributed by atoms with van der Waals surface area (Å²) in [5, 5.41) is 0. The van der Waals surface area contributed by atoms with E-state index in [0.717, 1.165) is 12.8 Å². The summed E-state index contributed by atoms with van der Waals surface area (Å²) in [7, 11) is 0. The van der Waals surface area contributed by atoms with Crippen molar-refractivity contribution in [1.29, 1.82) is 0 Å². The van der Waals surface area contributed by atoms with E-state index in [1.54, 1.807) is 12.1 Å². The van der Waals surface area contributed by atoms with Crippen molar-refractivity contribution in [3.05, 3.63) is 36.2 Å². The van der Waals surface area contributed by atoms with Gasteiger partial charge in [0, 0.05) is 32.2 Å². The highest BCUT2D eigenvalue weighted by Gasteiger charge is 2.26. The highest BCUT2D eigenvalue weighted by Crippen LogP contribution is 2.29. The fraction of sp³-hybridized carbons (Fsp3) is 0.474. The summed E-state index contributed by atoms with van der Waals surface area (Å²) >= 11 is 0. The topological polar surface area (TPSA) is 107 Å². The molecule has 1 aromatic carbocycles.